The van der Waals surface area contributed by atoms with Gasteiger partial charge in [-0.05, 0) is 24.6 Å². The molecule has 6 heteroatoms. The molecule has 2 N–H and O–H groups in total. The maximum absolute atomic E-state index is 11.4. The molecule has 0 spiro atoms. The molecular formula is C10H13Cl2NO2S. The number of nitrogens with two attached hydrogens (primary N) is 1. The van der Waals surface area contributed by atoms with Crippen LogP contribution in [0.3, 0.4) is 0 Å². The molecule has 0 heterocycles. The lowest BCUT2D eigenvalue weighted by molar-refractivity contribution is 0.571. The maximum atomic E-state index is 11.4. The number of halogens is 2. The van der Waals surface area contributed by atoms with Crippen LogP contribution in [0.2, 0.25) is 10.0 Å². The van der Waals surface area contributed by atoms with Crippen LogP contribution in [0, 0.1) is 0 Å². The highest BCUT2D eigenvalue weighted by Gasteiger charge is 2.25. The summed E-state index contributed by atoms with van der Waals surface area (Å²) in [5, 5.41) is 0.189. The first kappa shape index (κ1) is 13.8. The Kier molecular flexibility index (Phi) is 4.23. The summed E-state index contributed by atoms with van der Waals surface area (Å²) in [6.07, 6.45) is 1.15. The highest BCUT2D eigenvalue weighted by Crippen LogP contribution is 2.28. The summed E-state index contributed by atoms with van der Waals surface area (Å²) in [6, 6.07) is 4.18. The van der Waals surface area contributed by atoms with Gasteiger partial charge in [0.15, 0.2) is 9.84 Å². The van der Waals surface area contributed by atoms with Gasteiger partial charge in [0.05, 0.1) is 5.25 Å². The number of benzene rings is 1. The molecule has 0 aromatic heterocycles. The van der Waals surface area contributed by atoms with Gasteiger partial charge in [0.2, 0.25) is 0 Å². The molecule has 90 valence electrons. The lowest BCUT2D eigenvalue weighted by Gasteiger charge is -2.19. The quantitative estimate of drug-likeness (QED) is 0.926. The first-order valence-electron chi connectivity index (χ1n) is 4.63. The van der Waals surface area contributed by atoms with Crippen molar-refractivity contribution in [2.24, 2.45) is 5.73 Å². The third kappa shape index (κ3) is 3.10. The lowest BCUT2D eigenvalue weighted by Crippen LogP contribution is -2.30. The largest absolute Gasteiger partial charge is 0.323 e. The standard InChI is InChI=1S/C10H13Cl2NO2S/c1-6(16(2,14)15)10(13)8-4-3-7(11)5-9(8)12/h3-6,10H,13H2,1-2H3/t6-,10-/m1/s1. The number of hydrogen-bond acceptors (Lipinski definition) is 3. The molecule has 2 atom stereocenters. The Morgan fingerprint density at radius 2 is 1.88 bits per heavy atom. The Labute approximate surface area is 105 Å². The molecule has 0 saturated heterocycles. The van der Waals surface area contributed by atoms with Crippen molar-refractivity contribution in [2.45, 2.75) is 18.2 Å². The summed E-state index contributed by atoms with van der Waals surface area (Å²) in [5.41, 5.74) is 6.46. The van der Waals surface area contributed by atoms with Gasteiger partial charge in [0.25, 0.3) is 0 Å². The Morgan fingerprint density at radius 1 is 1.31 bits per heavy atom. The van der Waals surface area contributed by atoms with E-state index in [0.29, 0.717) is 15.6 Å². The number of sulfone groups is 1. The van der Waals surface area contributed by atoms with Crippen LogP contribution in [0.1, 0.15) is 18.5 Å². The summed E-state index contributed by atoms with van der Waals surface area (Å²) in [5.74, 6) is 0. The fourth-order valence-corrected chi connectivity index (χ4v) is 2.50. The van der Waals surface area contributed by atoms with E-state index < -0.39 is 21.1 Å². The zero-order valence-corrected chi connectivity index (χ0v) is 11.3. The second-order valence-electron chi connectivity index (χ2n) is 3.73. The second-order valence-corrected chi connectivity index (χ2v) is 6.97. The molecule has 0 fully saturated rings. The molecule has 0 amide bonds. The molecule has 1 rings (SSSR count). The van der Waals surface area contributed by atoms with Crippen molar-refractivity contribution in [3.63, 3.8) is 0 Å². The van der Waals surface area contributed by atoms with Crippen LogP contribution in [-0.4, -0.2) is 19.9 Å². The van der Waals surface area contributed by atoms with Gasteiger partial charge in [0.1, 0.15) is 0 Å². The highest BCUT2D eigenvalue weighted by molar-refractivity contribution is 7.91. The van der Waals surface area contributed by atoms with E-state index in [9.17, 15) is 8.42 Å². The van der Waals surface area contributed by atoms with E-state index in [1.165, 1.54) is 0 Å². The van der Waals surface area contributed by atoms with Gasteiger partial charge in [-0.2, -0.15) is 0 Å². The number of hydrogen-bond donors (Lipinski definition) is 1. The summed E-state index contributed by atoms with van der Waals surface area (Å²) >= 11 is 11.7. The second kappa shape index (κ2) is 4.92. The van der Waals surface area contributed by atoms with Crippen molar-refractivity contribution in [1.82, 2.24) is 0 Å². The minimum atomic E-state index is -3.19. The Balaban J connectivity index is 3.10. The first-order valence-corrected chi connectivity index (χ1v) is 7.34. The van der Waals surface area contributed by atoms with Gasteiger partial charge in [-0.3, -0.25) is 0 Å². The number of rotatable bonds is 3. The summed E-state index contributed by atoms with van der Waals surface area (Å²) in [6.45, 7) is 1.56. The van der Waals surface area contributed by atoms with Gasteiger partial charge < -0.3 is 5.73 Å². The average molecular weight is 282 g/mol. The molecule has 16 heavy (non-hydrogen) atoms. The molecule has 1 aromatic carbocycles. The molecule has 0 bridgehead atoms. The third-order valence-corrected chi connectivity index (χ3v) is 4.71. The van der Waals surface area contributed by atoms with Gasteiger partial charge in [-0.1, -0.05) is 29.3 Å². The van der Waals surface area contributed by atoms with Crippen LogP contribution in [0.5, 0.6) is 0 Å². The van der Waals surface area contributed by atoms with Crippen molar-refractivity contribution in [2.75, 3.05) is 6.26 Å². The molecule has 0 aliphatic rings. The van der Waals surface area contributed by atoms with Gasteiger partial charge >= 0.3 is 0 Å². The Bertz CT molecular complexity index is 488. The van der Waals surface area contributed by atoms with Crippen LogP contribution >= 0.6 is 23.2 Å². The highest BCUT2D eigenvalue weighted by atomic mass is 35.5. The lowest BCUT2D eigenvalue weighted by atomic mass is 10.1. The van der Waals surface area contributed by atoms with E-state index in [2.05, 4.69) is 0 Å². The topological polar surface area (TPSA) is 60.2 Å². The fraction of sp³-hybridized carbons (Fsp3) is 0.400. The minimum Gasteiger partial charge on any atom is -0.323 e. The van der Waals surface area contributed by atoms with Gasteiger partial charge in [-0.25, -0.2) is 8.42 Å². The van der Waals surface area contributed by atoms with Crippen LogP contribution in [0.25, 0.3) is 0 Å². The van der Waals surface area contributed by atoms with E-state index in [0.717, 1.165) is 6.26 Å². The molecule has 0 aliphatic heterocycles. The van der Waals surface area contributed by atoms with Crippen LogP contribution < -0.4 is 5.73 Å². The summed E-state index contributed by atoms with van der Waals surface area (Å²) in [4.78, 5) is 0. The smallest absolute Gasteiger partial charge is 0.151 e. The summed E-state index contributed by atoms with van der Waals surface area (Å²) < 4.78 is 22.8. The van der Waals surface area contributed by atoms with Crippen molar-refractivity contribution >= 4 is 33.0 Å². The molecule has 1 aromatic rings. The SMILES string of the molecule is C[C@H]([C@@H](N)c1ccc(Cl)cc1Cl)S(C)(=O)=O. The minimum absolute atomic E-state index is 0.385. The maximum Gasteiger partial charge on any atom is 0.151 e. The van der Waals surface area contributed by atoms with Gasteiger partial charge in [0, 0.05) is 22.3 Å². The van der Waals surface area contributed by atoms with E-state index in [4.69, 9.17) is 28.9 Å². The zero-order valence-electron chi connectivity index (χ0n) is 8.94. The van der Waals surface area contributed by atoms with E-state index in [1.807, 2.05) is 0 Å². The van der Waals surface area contributed by atoms with E-state index >= 15 is 0 Å². The van der Waals surface area contributed by atoms with E-state index in [1.54, 1.807) is 25.1 Å². The van der Waals surface area contributed by atoms with E-state index in [-0.39, 0.29) is 0 Å². The normalized spacial score (nSPS) is 15.8. The van der Waals surface area contributed by atoms with Crippen LogP contribution in [0.15, 0.2) is 18.2 Å². The van der Waals surface area contributed by atoms with Gasteiger partial charge in [-0.15, -0.1) is 0 Å². The zero-order chi connectivity index (χ0) is 12.5. The molecule has 0 saturated carbocycles. The van der Waals surface area contributed by atoms with Crippen LogP contribution in [0.4, 0.5) is 0 Å². The average Bonchev–Trinajstić information content (AvgIpc) is 2.14. The third-order valence-electron chi connectivity index (χ3n) is 2.50. The molecule has 0 unspecified atom stereocenters. The van der Waals surface area contributed by atoms with Crippen LogP contribution in [-0.2, 0) is 9.84 Å². The van der Waals surface area contributed by atoms with Crippen molar-refractivity contribution in [1.29, 1.82) is 0 Å². The Morgan fingerprint density at radius 3 is 2.31 bits per heavy atom. The predicted molar refractivity (Wildman–Crippen MR) is 67.7 cm³/mol. The Hall–Kier alpha value is -0.290. The predicted octanol–water partition coefficient (Wildman–Crippen LogP) is 2.43. The van der Waals surface area contributed by atoms with Crippen molar-refractivity contribution < 1.29 is 8.42 Å². The molecular weight excluding hydrogens is 269 g/mol. The molecule has 0 aliphatic carbocycles. The monoisotopic (exact) mass is 281 g/mol. The molecule has 0 radical (unpaired) electrons. The molecule has 3 nitrogen and oxygen atoms in total. The fourth-order valence-electron chi connectivity index (χ4n) is 1.29. The van der Waals surface area contributed by atoms with Crippen molar-refractivity contribution in [3.8, 4) is 0 Å². The first-order chi connectivity index (χ1) is 7.23. The summed E-state index contributed by atoms with van der Waals surface area (Å²) in [7, 11) is -3.19. The van der Waals surface area contributed by atoms with Crippen molar-refractivity contribution in [3.05, 3.63) is 33.8 Å².